The van der Waals surface area contributed by atoms with Gasteiger partial charge in [0.1, 0.15) is 6.10 Å². The van der Waals surface area contributed by atoms with E-state index < -0.39 is 11.9 Å². The van der Waals surface area contributed by atoms with Crippen molar-refractivity contribution in [3.8, 4) is 0 Å². The Hall–Kier alpha value is -1.06. The third-order valence-corrected chi connectivity index (χ3v) is 2.24. The maximum absolute atomic E-state index is 11.1. The third-order valence-electron chi connectivity index (χ3n) is 2.24. The highest BCUT2D eigenvalue weighted by molar-refractivity contribution is 5.75. The van der Waals surface area contributed by atoms with E-state index in [2.05, 4.69) is 4.74 Å². The van der Waals surface area contributed by atoms with E-state index in [0.29, 0.717) is 0 Å². The molecule has 0 spiro atoms. The van der Waals surface area contributed by atoms with E-state index in [0.717, 1.165) is 25.7 Å². The molecule has 0 aliphatic heterocycles. The highest BCUT2D eigenvalue weighted by Gasteiger charge is 2.17. The van der Waals surface area contributed by atoms with Gasteiger partial charge >= 0.3 is 11.9 Å². The van der Waals surface area contributed by atoms with Gasteiger partial charge in [0.25, 0.3) is 0 Å². The Morgan fingerprint density at radius 2 is 1.86 bits per heavy atom. The largest absolute Gasteiger partial charge is 0.460 e. The lowest BCUT2D eigenvalue weighted by atomic mass is 9.98. The Morgan fingerprint density at radius 3 is 2.43 bits per heavy atom. The molecule has 0 aromatic rings. The minimum atomic E-state index is -0.453. The van der Waals surface area contributed by atoms with Crippen LogP contribution in [0.25, 0.3) is 0 Å². The molecule has 4 heteroatoms. The van der Waals surface area contributed by atoms with Gasteiger partial charge < -0.3 is 9.47 Å². The molecular weight excluding hydrogens is 184 g/mol. The van der Waals surface area contributed by atoms with E-state index in [-0.39, 0.29) is 12.7 Å². The molecule has 0 radical (unpaired) electrons. The second-order valence-electron chi connectivity index (χ2n) is 3.53. The lowest BCUT2D eigenvalue weighted by Gasteiger charge is -2.21. The van der Waals surface area contributed by atoms with Crippen LogP contribution in [0.4, 0.5) is 0 Å². The number of rotatable bonds is 3. The number of carbonyl (C=O) groups is 2. The predicted octanol–water partition coefficient (Wildman–Crippen LogP) is 1.43. The normalized spacial score (nSPS) is 17.5. The first-order valence-corrected chi connectivity index (χ1v) is 5.01. The van der Waals surface area contributed by atoms with E-state index in [4.69, 9.17) is 4.74 Å². The van der Waals surface area contributed by atoms with Crippen LogP contribution in [0.5, 0.6) is 0 Å². The zero-order valence-electron chi connectivity index (χ0n) is 8.45. The molecule has 0 aromatic carbocycles. The smallest absolute Gasteiger partial charge is 0.344 e. The van der Waals surface area contributed by atoms with Crippen LogP contribution in [0.15, 0.2) is 0 Å². The maximum Gasteiger partial charge on any atom is 0.344 e. The summed E-state index contributed by atoms with van der Waals surface area (Å²) in [5.41, 5.74) is 0. The first-order chi connectivity index (χ1) is 6.68. The van der Waals surface area contributed by atoms with Crippen molar-refractivity contribution in [3.05, 3.63) is 0 Å². The van der Waals surface area contributed by atoms with Crippen LogP contribution < -0.4 is 0 Å². The van der Waals surface area contributed by atoms with Crippen LogP contribution in [0.1, 0.15) is 39.0 Å². The summed E-state index contributed by atoms with van der Waals surface area (Å²) in [5, 5.41) is 0. The van der Waals surface area contributed by atoms with E-state index in [1.54, 1.807) is 0 Å². The van der Waals surface area contributed by atoms with Gasteiger partial charge in [-0.1, -0.05) is 6.42 Å². The highest BCUT2D eigenvalue weighted by atomic mass is 16.6. The van der Waals surface area contributed by atoms with Crippen molar-refractivity contribution < 1.29 is 19.1 Å². The highest BCUT2D eigenvalue weighted by Crippen LogP contribution is 2.20. The molecule has 0 saturated heterocycles. The summed E-state index contributed by atoms with van der Waals surface area (Å²) in [7, 11) is 0. The molecule has 0 amide bonds. The van der Waals surface area contributed by atoms with E-state index in [1.807, 2.05) is 0 Å². The zero-order chi connectivity index (χ0) is 10.4. The van der Waals surface area contributed by atoms with Crippen LogP contribution in [0, 0.1) is 0 Å². The fourth-order valence-electron chi connectivity index (χ4n) is 1.56. The van der Waals surface area contributed by atoms with E-state index in [1.165, 1.54) is 13.3 Å². The molecule has 1 aliphatic carbocycles. The zero-order valence-corrected chi connectivity index (χ0v) is 8.45. The first kappa shape index (κ1) is 11.0. The Labute approximate surface area is 83.6 Å². The molecule has 1 rings (SSSR count). The molecule has 0 bridgehead atoms. The number of hydrogen-bond donors (Lipinski definition) is 0. The molecule has 14 heavy (non-hydrogen) atoms. The summed E-state index contributed by atoms with van der Waals surface area (Å²) < 4.78 is 9.66. The topological polar surface area (TPSA) is 52.6 Å². The molecule has 0 N–H and O–H groups in total. The fraction of sp³-hybridized carbons (Fsp3) is 0.800. The molecular formula is C10H16O4. The quantitative estimate of drug-likeness (QED) is 0.646. The van der Waals surface area contributed by atoms with Gasteiger partial charge in [-0.05, 0) is 25.7 Å². The molecule has 0 atom stereocenters. The number of hydrogen-bond acceptors (Lipinski definition) is 4. The molecule has 0 unspecified atom stereocenters. The second kappa shape index (κ2) is 5.62. The molecule has 0 heterocycles. The van der Waals surface area contributed by atoms with Crippen molar-refractivity contribution in [2.75, 3.05) is 6.61 Å². The van der Waals surface area contributed by atoms with Gasteiger partial charge in [0, 0.05) is 6.92 Å². The molecule has 1 saturated carbocycles. The first-order valence-electron chi connectivity index (χ1n) is 5.01. The summed E-state index contributed by atoms with van der Waals surface area (Å²) in [5.74, 6) is -0.891. The minimum absolute atomic E-state index is 0.0341. The molecule has 0 aromatic heterocycles. The van der Waals surface area contributed by atoms with Crippen LogP contribution >= 0.6 is 0 Å². The summed E-state index contributed by atoms with van der Waals surface area (Å²) >= 11 is 0. The third kappa shape index (κ3) is 4.25. The summed E-state index contributed by atoms with van der Waals surface area (Å²) in [6.07, 6.45) is 5.36. The van der Waals surface area contributed by atoms with E-state index in [9.17, 15) is 9.59 Å². The van der Waals surface area contributed by atoms with E-state index >= 15 is 0 Å². The summed E-state index contributed by atoms with van der Waals surface area (Å²) in [6.45, 7) is 1.01. The van der Waals surface area contributed by atoms with Gasteiger partial charge in [0.2, 0.25) is 0 Å². The van der Waals surface area contributed by atoms with Gasteiger partial charge in [-0.15, -0.1) is 0 Å². The molecule has 1 fully saturated rings. The Balaban J connectivity index is 2.15. The van der Waals surface area contributed by atoms with Gasteiger partial charge in [0.05, 0.1) is 0 Å². The summed E-state index contributed by atoms with van der Waals surface area (Å²) in [4.78, 5) is 21.5. The molecule has 1 aliphatic rings. The lowest BCUT2D eigenvalue weighted by molar-refractivity contribution is -0.162. The van der Waals surface area contributed by atoms with Crippen molar-refractivity contribution >= 4 is 11.9 Å². The Morgan fingerprint density at radius 1 is 1.21 bits per heavy atom. The van der Waals surface area contributed by atoms with Gasteiger partial charge in [-0.3, -0.25) is 4.79 Å². The predicted molar refractivity (Wildman–Crippen MR) is 49.6 cm³/mol. The minimum Gasteiger partial charge on any atom is -0.460 e. The van der Waals surface area contributed by atoms with Gasteiger partial charge in [-0.25, -0.2) is 4.79 Å². The van der Waals surface area contributed by atoms with Crippen molar-refractivity contribution in [1.82, 2.24) is 0 Å². The van der Waals surface area contributed by atoms with Gasteiger partial charge in [0.15, 0.2) is 6.61 Å². The van der Waals surface area contributed by atoms with Crippen molar-refractivity contribution in [2.45, 2.75) is 45.1 Å². The Bertz CT molecular complexity index is 206. The summed E-state index contributed by atoms with van der Waals surface area (Å²) in [6, 6.07) is 0. The standard InChI is InChI=1S/C10H16O4/c1-8(11)13-7-10(12)14-9-5-3-2-4-6-9/h9H,2-7H2,1H3. The van der Waals surface area contributed by atoms with Crippen LogP contribution in [0.3, 0.4) is 0 Å². The maximum atomic E-state index is 11.1. The van der Waals surface area contributed by atoms with Gasteiger partial charge in [-0.2, -0.15) is 0 Å². The Kier molecular flexibility index (Phi) is 4.43. The number of esters is 2. The average molecular weight is 200 g/mol. The molecule has 80 valence electrons. The van der Waals surface area contributed by atoms with Crippen molar-refractivity contribution in [2.24, 2.45) is 0 Å². The van der Waals surface area contributed by atoms with Crippen LogP contribution in [-0.4, -0.2) is 24.6 Å². The number of ether oxygens (including phenoxy) is 2. The molecule has 4 nitrogen and oxygen atoms in total. The lowest BCUT2D eigenvalue weighted by Crippen LogP contribution is -2.24. The second-order valence-corrected chi connectivity index (χ2v) is 3.53. The monoisotopic (exact) mass is 200 g/mol. The van der Waals surface area contributed by atoms with Crippen LogP contribution in [-0.2, 0) is 19.1 Å². The average Bonchev–Trinajstić information content (AvgIpc) is 2.16. The SMILES string of the molecule is CC(=O)OCC(=O)OC1CCCCC1. The van der Waals surface area contributed by atoms with Crippen molar-refractivity contribution in [1.29, 1.82) is 0 Å². The van der Waals surface area contributed by atoms with Crippen molar-refractivity contribution in [3.63, 3.8) is 0 Å². The fourth-order valence-corrected chi connectivity index (χ4v) is 1.56. The number of carbonyl (C=O) groups excluding carboxylic acids is 2. The van der Waals surface area contributed by atoms with Crippen LogP contribution in [0.2, 0.25) is 0 Å².